The summed E-state index contributed by atoms with van der Waals surface area (Å²) < 4.78 is 0. The molecule has 0 radical (unpaired) electrons. The lowest BCUT2D eigenvalue weighted by Gasteiger charge is -2.15. The summed E-state index contributed by atoms with van der Waals surface area (Å²) in [4.78, 5) is 43.0. The van der Waals surface area contributed by atoms with Gasteiger partial charge in [-0.2, -0.15) is 0 Å². The van der Waals surface area contributed by atoms with Crippen LogP contribution in [-0.2, 0) is 20.8 Å². The van der Waals surface area contributed by atoms with Crippen molar-refractivity contribution in [1.29, 1.82) is 0 Å². The van der Waals surface area contributed by atoms with E-state index in [0.717, 1.165) is 0 Å². The summed E-state index contributed by atoms with van der Waals surface area (Å²) in [6, 6.07) is 4.71. The smallest absolute Gasteiger partial charge is 0.379 e. The molecule has 3 N–H and O–H groups in total. The third-order valence-corrected chi connectivity index (χ3v) is 2.84. The molecule has 0 bridgehead atoms. The van der Waals surface area contributed by atoms with Crippen LogP contribution >= 0.6 is 0 Å². The van der Waals surface area contributed by atoms with Crippen LogP contribution in [0.5, 0.6) is 0 Å². The molecule has 0 saturated heterocycles. The van der Waals surface area contributed by atoms with Gasteiger partial charge in [0.1, 0.15) is 6.04 Å². The molecule has 2 atom stereocenters. The zero-order valence-corrected chi connectivity index (χ0v) is 11.3. The third-order valence-electron chi connectivity index (χ3n) is 2.84. The van der Waals surface area contributed by atoms with E-state index < -0.39 is 41.3 Å². The monoisotopic (exact) mass is 310 g/mol. The fourth-order valence-corrected chi connectivity index (χ4v) is 1.75. The highest BCUT2D eigenvalue weighted by Crippen LogP contribution is 2.05. The van der Waals surface area contributed by atoms with Crippen molar-refractivity contribution in [3.05, 3.63) is 46.0 Å². The number of nitro groups is 1. The first kappa shape index (κ1) is 17.1. The third kappa shape index (κ3) is 5.19. The normalized spacial score (nSPS) is 12.9. The second-order valence-corrected chi connectivity index (χ2v) is 4.50. The Balaban J connectivity index is 2.71. The van der Waals surface area contributed by atoms with E-state index >= 15 is 0 Å². The first-order valence-corrected chi connectivity index (χ1v) is 6.23. The van der Waals surface area contributed by atoms with E-state index in [9.17, 15) is 24.5 Å². The van der Waals surface area contributed by atoms with Gasteiger partial charge in [-0.05, 0) is 5.56 Å². The maximum absolute atomic E-state index is 11.8. The van der Waals surface area contributed by atoms with Crippen LogP contribution in [0.2, 0.25) is 0 Å². The molecule has 0 aliphatic carbocycles. The molecule has 1 aromatic carbocycles. The van der Waals surface area contributed by atoms with Crippen LogP contribution in [0.25, 0.3) is 0 Å². The first-order valence-electron chi connectivity index (χ1n) is 6.23. The van der Waals surface area contributed by atoms with E-state index in [1.54, 1.807) is 30.3 Å². The molecule has 0 saturated carbocycles. The van der Waals surface area contributed by atoms with Gasteiger partial charge in [0.2, 0.25) is 5.91 Å². The average molecular weight is 310 g/mol. The van der Waals surface area contributed by atoms with Crippen molar-refractivity contribution in [3.8, 4) is 0 Å². The van der Waals surface area contributed by atoms with E-state index in [2.05, 4.69) is 5.32 Å². The predicted octanol–water partition coefficient (Wildman–Crippen LogP) is -0.0815. The number of aliphatic carboxylic acids is 2. The zero-order chi connectivity index (χ0) is 16.7. The Hall–Kier alpha value is -2.97. The van der Waals surface area contributed by atoms with Crippen molar-refractivity contribution in [2.24, 2.45) is 0 Å². The summed E-state index contributed by atoms with van der Waals surface area (Å²) in [6.07, 6.45) is -0.945. The fraction of sp³-hybridized carbons (Fsp3) is 0.308. The molecule has 22 heavy (non-hydrogen) atoms. The molecular formula is C13H14N2O7. The van der Waals surface area contributed by atoms with E-state index in [-0.39, 0.29) is 6.42 Å². The molecule has 0 fully saturated rings. The van der Waals surface area contributed by atoms with Gasteiger partial charge in [-0.25, -0.2) is 9.59 Å². The number of carbonyl (C=O) groups excluding carboxylic acids is 1. The maximum atomic E-state index is 11.8. The van der Waals surface area contributed by atoms with E-state index in [4.69, 9.17) is 10.2 Å². The molecule has 9 heteroatoms. The minimum Gasteiger partial charge on any atom is -0.480 e. The molecule has 0 aliphatic rings. The number of hydrogen-bond donors (Lipinski definition) is 3. The number of nitrogens with one attached hydrogen (secondary N) is 1. The molecule has 0 heterocycles. The van der Waals surface area contributed by atoms with Crippen LogP contribution in [0.1, 0.15) is 12.0 Å². The second kappa shape index (κ2) is 7.72. The van der Waals surface area contributed by atoms with E-state index in [0.29, 0.717) is 5.56 Å². The van der Waals surface area contributed by atoms with Crippen LogP contribution < -0.4 is 5.32 Å². The van der Waals surface area contributed by atoms with Crippen molar-refractivity contribution in [1.82, 2.24) is 5.32 Å². The fourth-order valence-electron chi connectivity index (χ4n) is 1.75. The molecule has 0 aliphatic heterocycles. The number of carboxylic acid groups (broad SMARTS) is 2. The van der Waals surface area contributed by atoms with Gasteiger partial charge < -0.3 is 15.5 Å². The zero-order valence-electron chi connectivity index (χ0n) is 11.3. The molecule has 1 aromatic rings. The summed E-state index contributed by atoms with van der Waals surface area (Å²) in [5.74, 6) is -3.95. The second-order valence-electron chi connectivity index (χ2n) is 4.50. The van der Waals surface area contributed by atoms with Gasteiger partial charge in [-0.3, -0.25) is 14.9 Å². The van der Waals surface area contributed by atoms with Crippen LogP contribution in [-0.4, -0.2) is 45.1 Å². The molecule has 1 amide bonds. The molecule has 9 nitrogen and oxygen atoms in total. The number of benzene rings is 1. The Labute approximate surface area is 124 Å². The van der Waals surface area contributed by atoms with Crippen molar-refractivity contribution >= 4 is 17.8 Å². The number of rotatable bonds is 8. The number of amides is 1. The number of nitrogens with zero attached hydrogens (tertiary/aromatic N) is 1. The van der Waals surface area contributed by atoms with Gasteiger partial charge in [-0.1, -0.05) is 30.3 Å². The maximum Gasteiger partial charge on any atom is 0.379 e. The Morgan fingerprint density at radius 3 is 2.18 bits per heavy atom. The lowest BCUT2D eigenvalue weighted by Crippen LogP contribution is -2.46. The Kier molecular flexibility index (Phi) is 5.99. The molecule has 1 unspecified atom stereocenters. The Morgan fingerprint density at radius 2 is 1.73 bits per heavy atom. The summed E-state index contributed by atoms with van der Waals surface area (Å²) >= 11 is 0. The quantitative estimate of drug-likeness (QED) is 0.449. The van der Waals surface area contributed by atoms with Crippen molar-refractivity contribution in [2.45, 2.75) is 24.9 Å². The molecule has 118 valence electrons. The number of carboxylic acids is 2. The van der Waals surface area contributed by atoms with E-state index in [1.165, 1.54) is 0 Å². The Bertz CT molecular complexity index is 559. The molecular weight excluding hydrogens is 296 g/mol. The highest BCUT2D eigenvalue weighted by Gasteiger charge is 2.36. The van der Waals surface area contributed by atoms with Gasteiger partial charge in [0, 0.05) is 4.92 Å². The highest BCUT2D eigenvalue weighted by atomic mass is 16.6. The van der Waals surface area contributed by atoms with Crippen LogP contribution in [0, 0.1) is 10.1 Å². The van der Waals surface area contributed by atoms with Crippen molar-refractivity contribution in [3.63, 3.8) is 0 Å². The lowest BCUT2D eigenvalue weighted by atomic mass is 10.1. The summed E-state index contributed by atoms with van der Waals surface area (Å²) in [5.41, 5.74) is 0.633. The van der Waals surface area contributed by atoms with Gasteiger partial charge in [-0.15, -0.1) is 0 Å². The summed E-state index contributed by atoms with van der Waals surface area (Å²) in [7, 11) is 0. The van der Waals surface area contributed by atoms with Crippen molar-refractivity contribution in [2.75, 3.05) is 0 Å². The Morgan fingerprint density at radius 1 is 1.14 bits per heavy atom. The van der Waals surface area contributed by atoms with E-state index in [1.807, 2.05) is 0 Å². The first-order chi connectivity index (χ1) is 10.3. The van der Waals surface area contributed by atoms with Gasteiger partial charge >= 0.3 is 18.0 Å². The van der Waals surface area contributed by atoms with Gasteiger partial charge in [0.05, 0.1) is 12.8 Å². The van der Waals surface area contributed by atoms with Gasteiger partial charge in [0.25, 0.3) is 0 Å². The van der Waals surface area contributed by atoms with Crippen LogP contribution in [0.15, 0.2) is 30.3 Å². The minimum absolute atomic E-state index is 0.110. The number of carbonyl (C=O) groups is 3. The predicted molar refractivity (Wildman–Crippen MR) is 72.7 cm³/mol. The van der Waals surface area contributed by atoms with Gasteiger partial charge in [0.15, 0.2) is 0 Å². The minimum atomic E-state index is -2.10. The van der Waals surface area contributed by atoms with Crippen LogP contribution in [0.4, 0.5) is 0 Å². The summed E-state index contributed by atoms with van der Waals surface area (Å²) in [6.45, 7) is 0. The largest absolute Gasteiger partial charge is 0.480 e. The molecule has 0 aromatic heterocycles. The van der Waals surface area contributed by atoms with Crippen LogP contribution in [0.3, 0.4) is 0 Å². The highest BCUT2D eigenvalue weighted by molar-refractivity contribution is 5.85. The van der Waals surface area contributed by atoms with Crippen molar-refractivity contribution < 1.29 is 29.5 Å². The SMILES string of the molecule is O=C(Cc1ccccc1)N[C@@H](CC(C(=O)O)[N+](=O)[O-])C(=O)O. The molecule has 0 spiro atoms. The molecule has 1 rings (SSSR count). The summed E-state index contributed by atoms with van der Waals surface area (Å²) in [5, 5.41) is 30.4. The lowest BCUT2D eigenvalue weighted by molar-refractivity contribution is -0.511. The number of hydrogen-bond acceptors (Lipinski definition) is 5. The topological polar surface area (TPSA) is 147 Å². The standard InChI is InChI=1S/C13H14N2O7/c16-11(6-8-4-2-1-3-5-8)14-9(12(17)18)7-10(13(19)20)15(21)22/h1-5,9-10H,6-7H2,(H,14,16)(H,17,18)(H,19,20)/t9-,10?/m0/s1. The average Bonchev–Trinajstić information content (AvgIpc) is 2.43.